The maximum absolute atomic E-state index is 12.4. The SMILES string of the molecule is CCc1ccc(C(N)CS(=O)c2ccccc2Br)cc1. The Morgan fingerprint density at radius 2 is 1.80 bits per heavy atom. The van der Waals surface area contributed by atoms with Gasteiger partial charge in [0.05, 0.1) is 15.7 Å². The minimum absolute atomic E-state index is 0.214. The van der Waals surface area contributed by atoms with Crippen LogP contribution in [0.4, 0.5) is 0 Å². The van der Waals surface area contributed by atoms with E-state index in [1.165, 1.54) is 5.56 Å². The smallest absolute Gasteiger partial charge is 0.0560 e. The highest BCUT2D eigenvalue weighted by atomic mass is 79.9. The minimum atomic E-state index is -1.10. The summed E-state index contributed by atoms with van der Waals surface area (Å²) in [4.78, 5) is 0.799. The largest absolute Gasteiger partial charge is 0.323 e. The molecule has 0 bridgehead atoms. The summed E-state index contributed by atoms with van der Waals surface area (Å²) in [5.41, 5.74) is 8.48. The number of halogens is 1. The van der Waals surface area contributed by atoms with E-state index in [9.17, 15) is 4.21 Å². The van der Waals surface area contributed by atoms with Crippen molar-refractivity contribution in [3.8, 4) is 0 Å². The van der Waals surface area contributed by atoms with Crippen LogP contribution < -0.4 is 5.73 Å². The second-order valence-corrected chi connectivity index (χ2v) is 6.96. The van der Waals surface area contributed by atoms with Crippen LogP contribution in [0.2, 0.25) is 0 Å². The molecule has 0 radical (unpaired) electrons. The number of rotatable bonds is 5. The van der Waals surface area contributed by atoms with Gasteiger partial charge in [0.2, 0.25) is 0 Å². The van der Waals surface area contributed by atoms with E-state index in [2.05, 4.69) is 35.0 Å². The highest BCUT2D eigenvalue weighted by Gasteiger charge is 2.14. The molecule has 0 amide bonds. The van der Waals surface area contributed by atoms with Gasteiger partial charge >= 0.3 is 0 Å². The molecule has 2 N–H and O–H groups in total. The molecule has 2 atom stereocenters. The summed E-state index contributed by atoms with van der Waals surface area (Å²) in [5, 5.41) is 0. The Kier molecular flexibility index (Phi) is 5.52. The van der Waals surface area contributed by atoms with Crippen molar-refractivity contribution in [3.05, 3.63) is 64.1 Å². The van der Waals surface area contributed by atoms with Gasteiger partial charge < -0.3 is 5.73 Å². The fourth-order valence-corrected chi connectivity index (χ4v) is 4.02. The normalized spacial score (nSPS) is 13.9. The average molecular weight is 352 g/mol. The van der Waals surface area contributed by atoms with Crippen LogP contribution in [0.1, 0.15) is 24.1 Å². The second kappa shape index (κ2) is 7.16. The van der Waals surface area contributed by atoms with Gasteiger partial charge in [-0.3, -0.25) is 4.21 Å². The molecule has 4 heteroatoms. The predicted octanol–water partition coefficient (Wildman–Crippen LogP) is 3.82. The zero-order valence-corrected chi connectivity index (χ0v) is 13.8. The molecule has 2 rings (SSSR count). The van der Waals surface area contributed by atoms with Gasteiger partial charge in [-0.2, -0.15) is 0 Å². The first kappa shape index (κ1) is 15.4. The molecule has 0 aliphatic carbocycles. The van der Waals surface area contributed by atoms with E-state index in [0.29, 0.717) is 5.75 Å². The summed E-state index contributed by atoms with van der Waals surface area (Å²) in [6.07, 6.45) is 1.01. The van der Waals surface area contributed by atoms with Crippen molar-refractivity contribution in [2.75, 3.05) is 5.75 Å². The van der Waals surface area contributed by atoms with Crippen LogP contribution in [0.15, 0.2) is 57.9 Å². The van der Waals surface area contributed by atoms with Gasteiger partial charge in [-0.1, -0.05) is 43.3 Å². The second-order valence-electron chi connectivity index (χ2n) is 4.64. The first-order valence-electron chi connectivity index (χ1n) is 6.59. The maximum atomic E-state index is 12.4. The lowest BCUT2D eigenvalue weighted by molar-refractivity contribution is 0.675. The minimum Gasteiger partial charge on any atom is -0.323 e. The highest BCUT2D eigenvalue weighted by molar-refractivity contribution is 9.10. The highest BCUT2D eigenvalue weighted by Crippen LogP contribution is 2.22. The van der Waals surface area contributed by atoms with Crippen LogP contribution in [0.25, 0.3) is 0 Å². The van der Waals surface area contributed by atoms with Crippen molar-refractivity contribution in [2.24, 2.45) is 5.73 Å². The fourth-order valence-electron chi connectivity index (χ4n) is 1.98. The van der Waals surface area contributed by atoms with Gasteiger partial charge in [0.25, 0.3) is 0 Å². The van der Waals surface area contributed by atoms with Crippen molar-refractivity contribution in [1.82, 2.24) is 0 Å². The first-order valence-corrected chi connectivity index (χ1v) is 8.70. The molecule has 0 aliphatic heterocycles. The van der Waals surface area contributed by atoms with E-state index in [1.54, 1.807) is 0 Å². The molecule has 0 heterocycles. The van der Waals surface area contributed by atoms with E-state index in [0.717, 1.165) is 21.4 Å². The molecule has 2 aromatic carbocycles. The number of hydrogen-bond donors (Lipinski definition) is 1. The summed E-state index contributed by atoms with van der Waals surface area (Å²) in [6, 6.07) is 15.6. The van der Waals surface area contributed by atoms with Crippen molar-refractivity contribution >= 4 is 26.7 Å². The standard InChI is InChI=1S/C16H18BrNOS/c1-2-12-7-9-13(10-8-12)15(18)11-20(19)16-6-4-3-5-14(16)17/h3-10,15H,2,11,18H2,1H3. The summed E-state index contributed by atoms with van der Waals surface area (Å²) in [6.45, 7) is 2.12. The van der Waals surface area contributed by atoms with E-state index >= 15 is 0 Å². The van der Waals surface area contributed by atoms with E-state index in [-0.39, 0.29) is 6.04 Å². The molecule has 106 valence electrons. The Labute approximate surface area is 131 Å². The zero-order chi connectivity index (χ0) is 14.5. The quantitative estimate of drug-likeness (QED) is 0.889. The van der Waals surface area contributed by atoms with Crippen LogP contribution in [-0.4, -0.2) is 9.96 Å². The summed E-state index contributed by atoms with van der Waals surface area (Å²) < 4.78 is 13.2. The number of aryl methyl sites for hydroxylation is 1. The lowest BCUT2D eigenvalue weighted by Crippen LogP contribution is -2.18. The number of hydrogen-bond acceptors (Lipinski definition) is 2. The molecule has 2 nitrogen and oxygen atoms in total. The fraction of sp³-hybridized carbons (Fsp3) is 0.250. The summed E-state index contributed by atoms with van der Waals surface area (Å²) in [5.74, 6) is 0.425. The molecule has 2 unspecified atom stereocenters. The Morgan fingerprint density at radius 3 is 2.40 bits per heavy atom. The lowest BCUT2D eigenvalue weighted by Gasteiger charge is -2.13. The van der Waals surface area contributed by atoms with Gasteiger partial charge in [-0.05, 0) is 45.6 Å². The first-order chi connectivity index (χ1) is 9.61. The number of benzene rings is 2. The van der Waals surface area contributed by atoms with E-state index in [1.807, 2.05) is 36.4 Å². The third-order valence-electron chi connectivity index (χ3n) is 3.23. The Morgan fingerprint density at radius 1 is 1.15 bits per heavy atom. The van der Waals surface area contributed by atoms with Gasteiger partial charge in [0, 0.05) is 16.3 Å². The van der Waals surface area contributed by atoms with Gasteiger partial charge in [0.15, 0.2) is 0 Å². The molecular weight excluding hydrogens is 334 g/mol. The van der Waals surface area contributed by atoms with E-state index in [4.69, 9.17) is 5.73 Å². The van der Waals surface area contributed by atoms with Crippen LogP contribution in [0.5, 0.6) is 0 Å². The maximum Gasteiger partial charge on any atom is 0.0560 e. The van der Waals surface area contributed by atoms with Crippen molar-refractivity contribution in [2.45, 2.75) is 24.3 Å². The molecule has 20 heavy (non-hydrogen) atoms. The molecule has 0 aromatic heterocycles. The lowest BCUT2D eigenvalue weighted by atomic mass is 10.1. The molecule has 2 aromatic rings. The van der Waals surface area contributed by atoms with Crippen LogP contribution in [0.3, 0.4) is 0 Å². The Bertz CT molecular complexity index is 598. The third-order valence-corrected chi connectivity index (χ3v) is 5.69. The van der Waals surface area contributed by atoms with Crippen molar-refractivity contribution in [1.29, 1.82) is 0 Å². The van der Waals surface area contributed by atoms with Crippen LogP contribution in [0, 0.1) is 0 Å². The van der Waals surface area contributed by atoms with Crippen LogP contribution >= 0.6 is 15.9 Å². The van der Waals surface area contributed by atoms with Gasteiger partial charge in [-0.15, -0.1) is 0 Å². The Hall–Kier alpha value is -0.970. The average Bonchev–Trinajstić information content (AvgIpc) is 2.47. The molecule has 0 spiro atoms. The summed E-state index contributed by atoms with van der Waals surface area (Å²) in [7, 11) is -1.10. The topological polar surface area (TPSA) is 43.1 Å². The monoisotopic (exact) mass is 351 g/mol. The molecule has 0 saturated carbocycles. The van der Waals surface area contributed by atoms with Gasteiger partial charge in [0.1, 0.15) is 0 Å². The number of nitrogens with two attached hydrogens (primary N) is 1. The predicted molar refractivity (Wildman–Crippen MR) is 88.2 cm³/mol. The molecule has 0 saturated heterocycles. The summed E-state index contributed by atoms with van der Waals surface area (Å²) >= 11 is 3.43. The van der Waals surface area contributed by atoms with E-state index < -0.39 is 10.8 Å². The molecular formula is C16H18BrNOS. The van der Waals surface area contributed by atoms with Crippen molar-refractivity contribution in [3.63, 3.8) is 0 Å². The molecule has 0 aliphatic rings. The third kappa shape index (κ3) is 3.78. The molecule has 0 fully saturated rings. The van der Waals surface area contributed by atoms with Crippen LogP contribution in [-0.2, 0) is 17.2 Å². The Balaban J connectivity index is 2.09. The zero-order valence-electron chi connectivity index (χ0n) is 11.4. The van der Waals surface area contributed by atoms with Crippen molar-refractivity contribution < 1.29 is 4.21 Å². The van der Waals surface area contributed by atoms with Gasteiger partial charge in [-0.25, -0.2) is 0 Å².